The molecule has 3 heteroatoms. The molecule has 2 aromatic rings. The summed E-state index contributed by atoms with van der Waals surface area (Å²) in [6.45, 7) is 1.30. The molecular weight excluding hydrogens is 226 g/mol. The maximum atomic E-state index is 9.94. The van der Waals surface area contributed by atoms with Gasteiger partial charge in [0.1, 0.15) is 0 Å². The summed E-state index contributed by atoms with van der Waals surface area (Å²) in [4.78, 5) is 4.64. The third-order valence-electron chi connectivity index (χ3n) is 3.56. The molecule has 3 rings (SSSR count). The lowest BCUT2D eigenvalue weighted by molar-refractivity contribution is -0.0353. The second-order valence-corrected chi connectivity index (χ2v) is 4.89. The van der Waals surface area contributed by atoms with Crippen LogP contribution in [0, 0.1) is 5.92 Å². The Morgan fingerprint density at radius 3 is 3.00 bits per heavy atom. The van der Waals surface area contributed by atoms with Crippen molar-refractivity contribution in [2.75, 3.05) is 13.2 Å². The monoisotopic (exact) mass is 243 g/mol. The van der Waals surface area contributed by atoms with E-state index in [0.717, 1.165) is 29.4 Å². The Morgan fingerprint density at radius 1 is 1.22 bits per heavy atom. The number of benzene rings is 1. The topological polar surface area (TPSA) is 42.4 Å². The molecule has 0 saturated carbocycles. The predicted octanol–water partition coefficient (Wildman–Crippen LogP) is 2.17. The smallest absolute Gasteiger partial charge is 0.0705 e. The molecule has 2 unspecified atom stereocenters. The first kappa shape index (κ1) is 11.6. The van der Waals surface area contributed by atoms with Crippen LogP contribution in [0.15, 0.2) is 36.4 Å². The minimum Gasteiger partial charge on any atom is -0.393 e. The van der Waals surface area contributed by atoms with Crippen LogP contribution >= 0.6 is 0 Å². The third kappa shape index (κ3) is 2.37. The number of aliphatic hydroxyl groups excluding tert-OH is 1. The number of aliphatic hydroxyl groups is 1. The van der Waals surface area contributed by atoms with Crippen molar-refractivity contribution in [1.29, 1.82) is 0 Å². The highest BCUT2D eigenvalue weighted by molar-refractivity contribution is 5.78. The van der Waals surface area contributed by atoms with Crippen molar-refractivity contribution >= 4 is 10.9 Å². The molecule has 2 atom stereocenters. The molecule has 3 nitrogen and oxygen atoms in total. The fraction of sp³-hybridized carbons (Fsp3) is 0.400. The number of pyridine rings is 1. The summed E-state index contributed by atoms with van der Waals surface area (Å²) in [6, 6.07) is 12.2. The Balaban J connectivity index is 1.81. The average molecular weight is 243 g/mol. The molecule has 0 radical (unpaired) electrons. The van der Waals surface area contributed by atoms with Gasteiger partial charge < -0.3 is 9.84 Å². The molecule has 1 saturated heterocycles. The lowest BCUT2D eigenvalue weighted by Crippen LogP contribution is -2.33. The maximum Gasteiger partial charge on any atom is 0.0705 e. The van der Waals surface area contributed by atoms with E-state index < -0.39 is 0 Å². The van der Waals surface area contributed by atoms with E-state index in [-0.39, 0.29) is 12.0 Å². The summed E-state index contributed by atoms with van der Waals surface area (Å²) in [7, 11) is 0. The van der Waals surface area contributed by atoms with Crippen LogP contribution in [-0.4, -0.2) is 29.4 Å². The van der Waals surface area contributed by atoms with Gasteiger partial charge in [-0.15, -0.1) is 0 Å². The molecule has 1 aromatic carbocycles. The van der Waals surface area contributed by atoms with E-state index in [9.17, 15) is 5.11 Å². The standard InChI is InChI=1S/C15H17NO2/c17-15-7-8-18-10-12(15)9-13-6-5-11-3-1-2-4-14(11)16-13/h1-6,12,15,17H,7-10H2. The molecule has 0 bridgehead atoms. The second kappa shape index (κ2) is 5.04. The SMILES string of the molecule is OC1CCOCC1Cc1ccc2ccccc2n1. The van der Waals surface area contributed by atoms with Crippen LogP contribution < -0.4 is 0 Å². The van der Waals surface area contributed by atoms with Crippen LogP contribution in [-0.2, 0) is 11.2 Å². The molecule has 1 aromatic heterocycles. The van der Waals surface area contributed by atoms with Crippen molar-refractivity contribution < 1.29 is 9.84 Å². The molecule has 1 fully saturated rings. The van der Waals surface area contributed by atoms with Crippen molar-refractivity contribution in [3.05, 3.63) is 42.1 Å². The van der Waals surface area contributed by atoms with Gasteiger partial charge in [0.05, 0.1) is 18.2 Å². The van der Waals surface area contributed by atoms with Gasteiger partial charge in [-0.1, -0.05) is 24.3 Å². The first-order valence-corrected chi connectivity index (χ1v) is 6.43. The van der Waals surface area contributed by atoms with E-state index in [1.54, 1.807) is 0 Å². The van der Waals surface area contributed by atoms with Crippen LogP contribution in [0.4, 0.5) is 0 Å². The summed E-state index contributed by atoms with van der Waals surface area (Å²) in [5.41, 5.74) is 2.05. The van der Waals surface area contributed by atoms with E-state index in [0.29, 0.717) is 13.2 Å². The fourth-order valence-electron chi connectivity index (χ4n) is 2.47. The Morgan fingerprint density at radius 2 is 2.11 bits per heavy atom. The molecule has 2 heterocycles. The van der Waals surface area contributed by atoms with E-state index in [4.69, 9.17) is 4.74 Å². The Labute approximate surface area is 106 Å². The van der Waals surface area contributed by atoms with E-state index in [2.05, 4.69) is 17.1 Å². The molecule has 94 valence electrons. The summed E-state index contributed by atoms with van der Waals surface area (Å²) in [6.07, 6.45) is 1.26. The van der Waals surface area contributed by atoms with Gasteiger partial charge in [-0.2, -0.15) is 0 Å². The molecule has 0 amide bonds. The van der Waals surface area contributed by atoms with Crippen LogP contribution in [0.5, 0.6) is 0 Å². The van der Waals surface area contributed by atoms with Crippen LogP contribution in [0.2, 0.25) is 0 Å². The molecule has 1 aliphatic heterocycles. The van der Waals surface area contributed by atoms with Crippen molar-refractivity contribution in [3.63, 3.8) is 0 Å². The van der Waals surface area contributed by atoms with E-state index in [1.165, 1.54) is 0 Å². The van der Waals surface area contributed by atoms with Gasteiger partial charge >= 0.3 is 0 Å². The normalized spacial score (nSPS) is 24.3. The van der Waals surface area contributed by atoms with Gasteiger partial charge in [0, 0.05) is 23.6 Å². The highest BCUT2D eigenvalue weighted by Gasteiger charge is 2.24. The third-order valence-corrected chi connectivity index (χ3v) is 3.56. The van der Waals surface area contributed by atoms with E-state index in [1.807, 2.05) is 24.3 Å². The first-order chi connectivity index (χ1) is 8.83. The summed E-state index contributed by atoms with van der Waals surface area (Å²) >= 11 is 0. The number of aromatic nitrogens is 1. The first-order valence-electron chi connectivity index (χ1n) is 6.43. The minimum atomic E-state index is -0.257. The molecule has 18 heavy (non-hydrogen) atoms. The molecule has 1 aliphatic rings. The Bertz CT molecular complexity index is 541. The Hall–Kier alpha value is -1.45. The van der Waals surface area contributed by atoms with Crippen molar-refractivity contribution in [1.82, 2.24) is 4.98 Å². The zero-order valence-electron chi connectivity index (χ0n) is 10.2. The van der Waals surface area contributed by atoms with Crippen molar-refractivity contribution in [2.24, 2.45) is 5.92 Å². The van der Waals surface area contributed by atoms with Gasteiger partial charge in [0.2, 0.25) is 0 Å². The van der Waals surface area contributed by atoms with Gasteiger partial charge in [0.25, 0.3) is 0 Å². The zero-order valence-corrected chi connectivity index (χ0v) is 10.2. The lowest BCUT2D eigenvalue weighted by atomic mass is 9.93. The van der Waals surface area contributed by atoms with Gasteiger partial charge in [0.15, 0.2) is 0 Å². The summed E-state index contributed by atoms with van der Waals surface area (Å²) in [5, 5.41) is 11.1. The Kier molecular flexibility index (Phi) is 3.26. The fourth-order valence-corrected chi connectivity index (χ4v) is 2.47. The largest absolute Gasteiger partial charge is 0.393 e. The maximum absolute atomic E-state index is 9.94. The highest BCUT2D eigenvalue weighted by atomic mass is 16.5. The van der Waals surface area contributed by atoms with Crippen molar-refractivity contribution in [3.8, 4) is 0 Å². The molecule has 0 spiro atoms. The quantitative estimate of drug-likeness (QED) is 0.879. The summed E-state index contributed by atoms with van der Waals surface area (Å²) < 4.78 is 5.42. The van der Waals surface area contributed by atoms with Crippen molar-refractivity contribution in [2.45, 2.75) is 18.9 Å². The van der Waals surface area contributed by atoms with Crippen LogP contribution in [0.3, 0.4) is 0 Å². The number of hydrogen-bond acceptors (Lipinski definition) is 3. The predicted molar refractivity (Wildman–Crippen MR) is 70.4 cm³/mol. The number of rotatable bonds is 2. The van der Waals surface area contributed by atoms with Crippen LogP contribution in [0.1, 0.15) is 12.1 Å². The van der Waals surface area contributed by atoms with E-state index >= 15 is 0 Å². The van der Waals surface area contributed by atoms with Gasteiger partial charge in [-0.25, -0.2) is 0 Å². The average Bonchev–Trinajstić information content (AvgIpc) is 2.41. The van der Waals surface area contributed by atoms with Crippen LogP contribution in [0.25, 0.3) is 10.9 Å². The second-order valence-electron chi connectivity index (χ2n) is 4.89. The molecule has 1 N–H and O–H groups in total. The van der Waals surface area contributed by atoms with Gasteiger partial charge in [-0.05, 0) is 25.0 Å². The highest BCUT2D eigenvalue weighted by Crippen LogP contribution is 2.20. The number of ether oxygens (including phenoxy) is 1. The number of fused-ring (bicyclic) bond motifs is 1. The number of hydrogen-bond donors (Lipinski definition) is 1. The zero-order chi connectivity index (χ0) is 12.4. The number of nitrogens with zero attached hydrogens (tertiary/aromatic N) is 1. The summed E-state index contributed by atoms with van der Waals surface area (Å²) in [5.74, 6) is 0.174. The van der Waals surface area contributed by atoms with Gasteiger partial charge in [-0.3, -0.25) is 4.98 Å². The molecular formula is C15H17NO2. The lowest BCUT2D eigenvalue weighted by Gasteiger charge is -2.27. The minimum absolute atomic E-state index is 0.174. The number of para-hydroxylation sites is 1. The molecule has 0 aliphatic carbocycles.